The van der Waals surface area contributed by atoms with E-state index >= 15 is 0 Å². The molecule has 1 amide bonds. The Balaban J connectivity index is 3.37. The molecule has 1 aromatic rings. The van der Waals surface area contributed by atoms with E-state index in [0.29, 0.717) is 0 Å². The van der Waals surface area contributed by atoms with E-state index in [2.05, 4.69) is 26.5 Å². The highest BCUT2D eigenvalue weighted by Gasteiger charge is 2.20. The molecule has 9 nitrogen and oxygen atoms in total. The van der Waals surface area contributed by atoms with Gasteiger partial charge in [0, 0.05) is 11.6 Å². The van der Waals surface area contributed by atoms with Crippen LogP contribution in [0.3, 0.4) is 0 Å². The molecule has 0 aliphatic rings. The third kappa shape index (κ3) is 3.28. The number of carbonyl (C=O) groups excluding carboxylic acids is 1. The third-order valence-corrected chi connectivity index (χ3v) is 2.67. The van der Waals surface area contributed by atoms with Crippen LogP contribution in [-0.2, 0) is 0 Å². The number of halogens is 1. The molecule has 0 bridgehead atoms. The van der Waals surface area contributed by atoms with Gasteiger partial charge < -0.3 is 5.73 Å². The molecule has 0 spiro atoms. The molecule has 0 aliphatic heterocycles. The van der Waals surface area contributed by atoms with Crippen LogP contribution in [0, 0.1) is 32.8 Å². The molecule has 0 saturated heterocycles. The molecule has 1 aromatic carbocycles. The van der Waals surface area contributed by atoms with Crippen molar-refractivity contribution in [2.24, 2.45) is 10.8 Å². The molecule has 0 heterocycles. The topological polar surface area (TPSA) is 158 Å². The summed E-state index contributed by atoms with van der Waals surface area (Å²) >= 11 is 3.02. The van der Waals surface area contributed by atoms with Crippen molar-refractivity contribution in [3.8, 4) is 12.1 Å². The van der Waals surface area contributed by atoms with Gasteiger partial charge in [0.05, 0.1) is 9.40 Å². The zero-order valence-corrected chi connectivity index (χ0v) is 11.2. The van der Waals surface area contributed by atoms with Crippen LogP contribution in [0.25, 0.3) is 0 Å². The van der Waals surface area contributed by atoms with Crippen molar-refractivity contribution in [3.05, 3.63) is 32.3 Å². The number of benzene rings is 1. The van der Waals surface area contributed by atoms with Crippen LogP contribution in [0.5, 0.6) is 0 Å². The van der Waals surface area contributed by atoms with Crippen molar-refractivity contribution in [2.45, 2.75) is 0 Å². The fourth-order valence-electron chi connectivity index (χ4n) is 1.18. The number of amides is 1. The van der Waals surface area contributed by atoms with Crippen LogP contribution in [0.4, 0.5) is 11.4 Å². The van der Waals surface area contributed by atoms with Crippen molar-refractivity contribution in [3.63, 3.8) is 0 Å². The Morgan fingerprint density at radius 1 is 1.45 bits per heavy atom. The average molecular weight is 337 g/mol. The number of nitriles is 2. The zero-order valence-electron chi connectivity index (χ0n) is 9.62. The monoisotopic (exact) mass is 336 g/mol. The quantitative estimate of drug-likeness (QED) is 0.478. The molecule has 0 fully saturated rings. The Kier molecular flexibility index (Phi) is 4.72. The normalized spacial score (nSPS) is 8.95. The van der Waals surface area contributed by atoms with Gasteiger partial charge in [-0.25, -0.2) is 0 Å². The Morgan fingerprint density at radius 2 is 2.05 bits per heavy atom. The number of hydrogen-bond donors (Lipinski definition) is 2. The van der Waals surface area contributed by atoms with E-state index in [1.54, 1.807) is 0 Å². The van der Waals surface area contributed by atoms with E-state index in [-0.39, 0.29) is 15.7 Å². The number of carbonyl (C=O) groups is 1. The minimum Gasteiger partial charge on any atom is -0.366 e. The maximum atomic E-state index is 11.0. The summed E-state index contributed by atoms with van der Waals surface area (Å²) in [6, 6.07) is 5.19. The number of hydrazone groups is 1. The minimum atomic E-state index is -0.835. The smallest absolute Gasteiger partial charge is 0.296 e. The first-order chi connectivity index (χ1) is 9.40. The number of hydrogen-bond acceptors (Lipinski definition) is 7. The van der Waals surface area contributed by atoms with Crippen LogP contribution in [0.1, 0.15) is 10.4 Å². The van der Waals surface area contributed by atoms with E-state index in [4.69, 9.17) is 16.3 Å². The van der Waals surface area contributed by atoms with Gasteiger partial charge in [-0.2, -0.15) is 15.6 Å². The second kappa shape index (κ2) is 6.26. The van der Waals surface area contributed by atoms with E-state index < -0.39 is 22.2 Å². The van der Waals surface area contributed by atoms with Gasteiger partial charge in [-0.1, -0.05) is 0 Å². The molecule has 0 unspecified atom stereocenters. The zero-order chi connectivity index (χ0) is 15.3. The maximum absolute atomic E-state index is 11.0. The predicted octanol–water partition coefficient (Wildman–Crippen LogP) is 1.27. The molecular weight excluding hydrogens is 332 g/mol. The van der Waals surface area contributed by atoms with Crippen LogP contribution in [0.2, 0.25) is 0 Å². The predicted molar refractivity (Wildman–Crippen MR) is 71.6 cm³/mol. The number of nitro benzene ring substituents is 1. The third-order valence-electron chi connectivity index (χ3n) is 2.04. The SMILES string of the molecule is N#CC(C#N)=NNc1c(Br)cc(C(N)=O)cc1[N+](=O)[O-]. The average Bonchev–Trinajstić information content (AvgIpc) is 2.40. The summed E-state index contributed by atoms with van der Waals surface area (Å²) in [5.41, 5.74) is 6.12. The summed E-state index contributed by atoms with van der Waals surface area (Å²) in [4.78, 5) is 21.2. The standard InChI is InChI=1S/C10H5BrN6O3/c11-7-1-5(10(14)18)2-8(17(19)20)9(7)16-15-6(3-12)4-13/h1-2,16H,(H2,14,18). The number of nitrogens with zero attached hydrogens (tertiary/aromatic N) is 4. The van der Waals surface area contributed by atoms with Gasteiger partial charge >= 0.3 is 0 Å². The summed E-state index contributed by atoms with van der Waals surface area (Å²) in [7, 11) is 0. The van der Waals surface area contributed by atoms with Gasteiger partial charge in [0.1, 0.15) is 17.8 Å². The van der Waals surface area contributed by atoms with Crippen molar-refractivity contribution < 1.29 is 9.72 Å². The lowest BCUT2D eigenvalue weighted by Crippen LogP contribution is -2.12. The Hall–Kier alpha value is -2.98. The van der Waals surface area contributed by atoms with Crippen LogP contribution < -0.4 is 11.2 Å². The number of nitro groups is 1. The summed E-state index contributed by atoms with van der Waals surface area (Å²) in [6.07, 6.45) is 0. The summed E-state index contributed by atoms with van der Waals surface area (Å²) in [5, 5.41) is 31.4. The van der Waals surface area contributed by atoms with E-state index in [1.807, 2.05) is 0 Å². The fourth-order valence-corrected chi connectivity index (χ4v) is 1.71. The lowest BCUT2D eigenvalue weighted by molar-refractivity contribution is -0.384. The highest BCUT2D eigenvalue weighted by atomic mass is 79.9. The Labute approximate surface area is 120 Å². The number of nitrogens with two attached hydrogens (primary N) is 1. The minimum absolute atomic E-state index is 0.0705. The molecule has 0 atom stereocenters. The molecule has 3 N–H and O–H groups in total. The number of anilines is 1. The largest absolute Gasteiger partial charge is 0.366 e. The number of primary amides is 1. The molecule has 0 aliphatic carbocycles. The summed E-state index contributed by atoms with van der Waals surface area (Å²) in [6.45, 7) is 0. The molecule has 20 heavy (non-hydrogen) atoms. The lowest BCUT2D eigenvalue weighted by atomic mass is 10.1. The van der Waals surface area contributed by atoms with Crippen LogP contribution >= 0.6 is 15.9 Å². The highest BCUT2D eigenvalue weighted by Crippen LogP contribution is 2.34. The Bertz CT molecular complexity index is 684. The molecule has 0 radical (unpaired) electrons. The molecule has 0 aromatic heterocycles. The first kappa shape index (κ1) is 15.1. The van der Waals surface area contributed by atoms with Gasteiger partial charge in [-0.05, 0) is 22.0 Å². The second-order valence-electron chi connectivity index (χ2n) is 3.27. The van der Waals surface area contributed by atoms with Gasteiger partial charge in [0.2, 0.25) is 11.6 Å². The number of nitrogens with one attached hydrogen (secondary N) is 1. The molecule has 10 heteroatoms. The van der Waals surface area contributed by atoms with E-state index in [0.717, 1.165) is 6.07 Å². The number of rotatable bonds is 4. The molecule has 0 saturated carbocycles. The van der Waals surface area contributed by atoms with Crippen molar-refractivity contribution >= 4 is 38.9 Å². The van der Waals surface area contributed by atoms with Gasteiger partial charge in [-0.3, -0.25) is 20.3 Å². The Morgan fingerprint density at radius 3 is 2.50 bits per heavy atom. The second-order valence-corrected chi connectivity index (χ2v) is 4.12. The molecular formula is C10H5BrN6O3. The first-order valence-electron chi connectivity index (χ1n) is 4.82. The summed E-state index contributed by atoms with van der Waals surface area (Å²) < 4.78 is 0.138. The first-order valence-corrected chi connectivity index (χ1v) is 5.61. The van der Waals surface area contributed by atoms with Gasteiger partial charge in [0.15, 0.2) is 0 Å². The van der Waals surface area contributed by atoms with Crippen molar-refractivity contribution in [2.75, 3.05) is 5.43 Å². The van der Waals surface area contributed by atoms with E-state index in [1.165, 1.54) is 18.2 Å². The van der Waals surface area contributed by atoms with Crippen LogP contribution in [0.15, 0.2) is 21.7 Å². The highest BCUT2D eigenvalue weighted by molar-refractivity contribution is 9.10. The van der Waals surface area contributed by atoms with Gasteiger partial charge in [-0.15, -0.1) is 0 Å². The molecule has 100 valence electrons. The van der Waals surface area contributed by atoms with E-state index in [9.17, 15) is 14.9 Å². The van der Waals surface area contributed by atoms with Crippen molar-refractivity contribution in [1.82, 2.24) is 0 Å². The summed E-state index contributed by atoms with van der Waals surface area (Å²) in [5.74, 6) is -0.835. The van der Waals surface area contributed by atoms with Gasteiger partial charge in [0.25, 0.3) is 5.69 Å². The lowest BCUT2D eigenvalue weighted by Gasteiger charge is -2.06. The fraction of sp³-hybridized carbons (Fsp3) is 0. The molecule has 1 rings (SSSR count). The van der Waals surface area contributed by atoms with Crippen molar-refractivity contribution in [1.29, 1.82) is 10.5 Å². The maximum Gasteiger partial charge on any atom is 0.296 e. The van der Waals surface area contributed by atoms with Crippen LogP contribution in [-0.4, -0.2) is 16.5 Å².